The van der Waals surface area contributed by atoms with Crippen LogP contribution in [0.2, 0.25) is 0 Å². The highest BCUT2D eigenvalue weighted by atomic mass is 16.6. The van der Waals surface area contributed by atoms with Crippen molar-refractivity contribution in [2.24, 2.45) is 0 Å². The Morgan fingerprint density at radius 3 is 2.18 bits per heavy atom. The topological polar surface area (TPSA) is 63.6 Å². The van der Waals surface area contributed by atoms with Gasteiger partial charge >= 0.3 is 5.97 Å². The molecule has 0 aromatic heterocycles. The molecule has 0 aliphatic heterocycles. The summed E-state index contributed by atoms with van der Waals surface area (Å²) in [4.78, 5) is 23.1. The van der Waals surface area contributed by atoms with Gasteiger partial charge < -0.3 is 9.84 Å². The van der Waals surface area contributed by atoms with Crippen LogP contribution in [0.1, 0.15) is 37.6 Å². The predicted molar refractivity (Wildman–Crippen MR) is 62.9 cm³/mol. The number of rotatable bonds is 3. The molecule has 1 N–H and O–H groups in total. The summed E-state index contributed by atoms with van der Waals surface area (Å²) in [5, 5.41) is 9.07. The molecule has 0 heterocycles. The van der Waals surface area contributed by atoms with Crippen molar-refractivity contribution < 1.29 is 19.4 Å². The highest BCUT2D eigenvalue weighted by Crippen LogP contribution is 2.13. The molecule has 0 unspecified atom stereocenters. The number of esters is 1. The third kappa shape index (κ3) is 4.68. The summed E-state index contributed by atoms with van der Waals surface area (Å²) < 4.78 is 5.04. The minimum Gasteiger partial charge on any atom is -0.508 e. The number of phenols is 1. The number of phenolic OH excluding ortho intramolecular Hbond substituents is 1. The number of hydrogen-bond donors (Lipinski definition) is 1. The first-order valence-corrected chi connectivity index (χ1v) is 5.32. The molecule has 4 heteroatoms. The Morgan fingerprint density at radius 2 is 1.71 bits per heavy atom. The lowest BCUT2D eigenvalue weighted by Gasteiger charge is -2.19. The van der Waals surface area contributed by atoms with E-state index in [4.69, 9.17) is 9.84 Å². The molecule has 0 bridgehead atoms. The second-order valence-electron chi connectivity index (χ2n) is 4.73. The van der Waals surface area contributed by atoms with E-state index in [1.165, 1.54) is 24.3 Å². The van der Waals surface area contributed by atoms with Crippen molar-refractivity contribution in [3.8, 4) is 5.75 Å². The Labute approximate surface area is 100 Å². The van der Waals surface area contributed by atoms with Gasteiger partial charge in [0.25, 0.3) is 0 Å². The maximum absolute atomic E-state index is 11.7. The van der Waals surface area contributed by atoms with Crippen LogP contribution >= 0.6 is 0 Å². The van der Waals surface area contributed by atoms with Gasteiger partial charge in [0.1, 0.15) is 17.8 Å². The molecule has 1 aromatic rings. The molecule has 4 nitrogen and oxygen atoms in total. The van der Waals surface area contributed by atoms with Crippen molar-refractivity contribution >= 4 is 11.8 Å². The number of aromatic hydroxyl groups is 1. The Hall–Kier alpha value is -1.84. The van der Waals surface area contributed by atoms with E-state index in [1.54, 1.807) is 20.8 Å². The van der Waals surface area contributed by atoms with Gasteiger partial charge in [-0.1, -0.05) is 0 Å². The summed E-state index contributed by atoms with van der Waals surface area (Å²) in [5.41, 5.74) is -0.208. The van der Waals surface area contributed by atoms with E-state index in [-0.39, 0.29) is 18.0 Å². The fourth-order valence-electron chi connectivity index (χ4n) is 1.26. The quantitative estimate of drug-likeness (QED) is 0.497. The van der Waals surface area contributed by atoms with Gasteiger partial charge in [0, 0.05) is 5.56 Å². The smallest absolute Gasteiger partial charge is 0.314 e. The second-order valence-corrected chi connectivity index (χ2v) is 4.73. The molecule has 0 amide bonds. The number of ketones is 1. The number of ether oxygens (including phenoxy) is 1. The average molecular weight is 236 g/mol. The second kappa shape index (κ2) is 4.99. The van der Waals surface area contributed by atoms with Gasteiger partial charge in [-0.05, 0) is 45.0 Å². The number of hydrogen-bond acceptors (Lipinski definition) is 4. The van der Waals surface area contributed by atoms with E-state index in [2.05, 4.69) is 0 Å². The molecular weight excluding hydrogens is 220 g/mol. The van der Waals surface area contributed by atoms with Crippen molar-refractivity contribution in [3.05, 3.63) is 29.8 Å². The van der Waals surface area contributed by atoms with Crippen LogP contribution in [0, 0.1) is 0 Å². The molecule has 92 valence electrons. The van der Waals surface area contributed by atoms with E-state index in [1.807, 2.05) is 0 Å². The maximum atomic E-state index is 11.7. The lowest BCUT2D eigenvalue weighted by molar-refractivity contribution is -0.153. The van der Waals surface area contributed by atoms with Crippen molar-refractivity contribution in [1.82, 2.24) is 0 Å². The Bertz CT molecular complexity index is 412. The van der Waals surface area contributed by atoms with Gasteiger partial charge in [-0.3, -0.25) is 9.59 Å². The molecule has 0 atom stereocenters. The van der Waals surface area contributed by atoms with Crippen molar-refractivity contribution in [2.75, 3.05) is 0 Å². The third-order valence-corrected chi connectivity index (χ3v) is 1.91. The minimum absolute atomic E-state index is 0.0822. The normalized spacial score (nSPS) is 11.0. The van der Waals surface area contributed by atoms with Crippen LogP contribution in [0.5, 0.6) is 5.75 Å². The van der Waals surface area contributed by atoms with E-state index in [9.17, 15) is 9.59 Å². The molecule has 0 radical (unpaired) electrons. The first-order chi connectivity index (χ1) is 7.78. The van der Waals surface area contributed by atoms with Crippen LogP contribution in [-0.2, 0) is 9.53 Å². The van der Waals surface area contributed by atoms with Gasteiger partial charge in [0.15, 0.2) is 5.78 Å². The van der Waals surface area contributed by atoms with Gasteiger partial charge in [-0.2, -0.15) is 0 Å². The van der Waals surface area contributed by atoms with Crippen LogP contribution < -0.4 is 0 Å². The summed E-state index contributed by atoms with van der Waals surface area (Å²) in [5.74, 6) is -0.784. The first kappa shape index (κ1) is 13.2. The zero-order chi connectivity index (χ0) is 13.1. The fraction of sp³-hybridized carbons (Fsp3) is 0.385. The van der Waals surface area contributed by atoms with E-state index in [0.717, 1.165) is 0 Å². The lowest BCUT2D eigenvalue weighted by atomic mass is 10.1. The van der Waals surface area contributed by atoms with E-state index in [0.29, 0.717) is 5.56 Å². The number of benzene rings is 1. The molecule has 0 aliphatic carbocycles. The molecule has 1 rings (SSSR count). The van der Waals surface area contributed by atoms with Crippen molar-refractivity contribution in [3.63, 3.8) is 0 Å². The summed E-state index contributed by atoms with van der Waals surface area (Å²) in [6.07, 6.45) is -0.290. The highest BCUT2D eigenvalue weighted by Gasteiger charge is 2.19. The van der Waals surface area contributed by atoms with Crippen LogP contribution in [0.15, 0.2) is 24.3 Å². The summed E-state index contributed by atoms with van der Waals surface area (Å²) in [6, 6.07) is 5.76. The van der Waals surface area contributed by atoms with Crippen molar-refractivity contribution in [2.45, 2.75) is 32.8 Å². The van der Waals surface area contributed by atoms with Crippen LogP contribution in [0.3, 0.4) is 0 Å². The minimum atomic E-state index is -0.591. The standard InChI is InChI=1S/C13H16O4/c1-13(2,3)17-12(16)8-11(15)9-4-6-10(14)7-5-9/h4-7,14H,8H2,1-3H3. The molecule has 0 spiro atoms. The highest BCUT2D eigenvalue weighted by molar-refractivity contribution is 6.06. The number of carbonyl (C=O) groups is 2. The Balaban J connectivity index is 2.61. The van der Waals surface area contributed by atoms with Crippen LogP contribution in [-0.4, -0.2) is 22.5 Å². The molecule has 0 saturated carbocycles. The SMILES string of the molecule is CC(C)(C)OC(=O)CC(=O)c1ccc(O)cc1. The zero-order valence-electron chi connectivity index (χ0n) is 10.2. The van der Waals surface area contributed by atoms with Gasteiger partial charge in [0.05, 0.1) is 0 Å². The van der Waals surface area contributed by atoms with Crippen LogP contribution in [0.4, 0.5) is 0 Å². The van der Waals surface area contributed by atoms with E-state index >= 15 is 0 Å². The molecule has 0 saturated heterocycles. The Morgan fingerprint density at radius 1 is 1.18 bits per heavy atom. The molecule has 1 aromatic carbocycles. The monoisotopic (exact) mass is 236 g/mol. The van der Waals surface area contributed by atoms with Crippen LogP contribution in [0.25, 0.3) is 0 Å². The summed E-state index contributed by atoms with van der Waals surface area (Å²) >= 11 is 0. The molecule has 0 aliphatic rings. The number of Topliss-reactive ketones (excluding diaryl/α,β-unsaturated/α-hetero) is 1. The molecule has 0 fully saturated rings. The lowest BCUT2D eigenvalue weighted by Crippen LogP contribution is -2.25. The number of carbonyl (C=O) groups excluding carboxylic acids is 2. The molecular formula is C13H16O4. The van der Waals surface area contributed by atoms with Gasteiger partial charge in [-0.15, -0.1) is 0 Å². The van der Waals surface area contributed by atoms with Gasteiger partial charge in [0.2, 0.25) is 0 Å². The first-order valence-electron chi connectivity index (χ1n) is 5.32. The predicted octanol–water partition coefficient (Wildman–Crippen LogP) is 2.31. The largest absolute Gasteiger partial charge is 0.508 e. The fourth-order valence-corrected chi connectivity index (χ4v) is 1.26. The zero-order valence-corrected chi connectivity index (χ0v) is 10.2. The summed E-state index contributed by atoms with van der Waals surface area (Å²) in [6.45, 7) is 5.24. The molecule has 17 heavy (non-hydrogen) atoms. The average Bonchev–Trinajstić information content (AvgIpc) is 2.15. The summed E-state index contributed by atoms with van der Waals surface area (Å²) in [7, 11) is 0. The maximum Gasteiger partial charge on any atom is 0.314 e. The Kier molecular flexibility index (Phi) is 3.89. The van der Waals surface area contributed by atoms with Crippen molar-refractivity contribution in [1.29, 1.82) is 0 Å². The van der Waals surface area contributed by atoms with E-state index < -0.39 is 11.6 Å². The van der Waals surface area contributed by atoms with Gasteiger partial charge in [-0.25, -0.2) is 0 Å². The third-order valence-electron chi connectivity index (χ3n) is 1.91.